The van der Waals surface area contributed by atoms with E-state index in [1.54, 1.807) is 10.4 Å². The molecule has 1 aliphatic rings. The van der Waals surface area contributed by atoms with Gasteiger partial charge in [0, 0.05) is 0 Å². The summed E-state index contributed by atoms with van der Waals surface area (Å²) < 4.78 is 1.49. The molecular weight excluding hydrogens is 831 g/mol. The van der Waals surface area contributed by atoms with E-state index in [-0.39, 0.29) is 35.6 Å². The summed E-state index contributed by atoms with van der Waals surface area (Å²) in [7, 11) is -2.54. The Kier molecular flexibility index (Phi) is 19.6. The van der Waals surface area contributed by atoms with Crippen LogP contribution in [0.5, 0.6) is 0 Å². The van der Waals surface area contributed by atoms with Crippen LogP contribution in [-0.2, 0) is 41.5 Å². The molecule has 300 valence electrons. The second-order valence-electron chi connectivity index (χ2n) is 17.5. The third-order valence-electron chi connectivity index (χ3n) is 12.7. The molecule has 0 saturated heterocycles. The molecule has 0 saturated carbocycles. The van der Waals surface area contributed by atoms with Crippen molar-refractivity contribution in [1.82, 2.24) is 0 Å². The van der Waals surface area contributed by atoms with Crippen LogP contribution in [0.1, 0.15) is 116 Å². The first-order valence-electron chi connectivity index (χ1n) is 20.8. The maximum Gasteiger partial charge on any atom is -0.172 e. The first kappa shape index (κ1) is 50.1. The van der Waals surface area contributed by atoms with Crippen molar-refractivity contribution in [2.24, 2.45) is 0 Å². The normalized spacial score (nSPS) is 12.1. The molecule has 5 heteroatoms. The topological polar surface area (TPSA) is 0 Å². The molecule has 56 heavy (non-hydrogen) atoms. The number of benzene rings is 4. The van der Waals surface area contributed by atoms with Crippen molar-refractivity contribution in [3.8, 4) is 11.1 Å². The smallest absolute Gasteiger partial charge is 0.172 e. The molecule has 5 aromatic carbocycles. The summed E-state index contributed by atoms with van der Waals surface area (Å²) in [5.74, 6) is 0. The SMILES string of the molecule is CC(C)(C)c1[c-]c2c(cc1)-c1ccc(C(C)(C)C)cc1C2.CC[Si](CC)(CC)c1ccc([C](=[Zr+2])c2ccc([Si](CC)(CC)CC)cc2)cc1.[Cl-].[Cl-].c1cc[cH-]c1. The van der Waals surface area contributed by atoms with Gasteiger partial charge in [0.1, 0.15) is 0 Å². The summed E-state index contributed by atoms with van der Waals surface area (Å²) in [5, 5.41) is 3.29. The quantitative estimate of drug-likeness (QED) is 0.100. The fourth-order valence-corrected chi connectivity index (χ4v) is 16.2. The van der Waals surface area contributed by atoms with Gasteiger partial charge in [-0.05, 0) is 28.4 Å². The summed E-state index contributed by atoms with van der Waals surface area (Å²) in [6.07, 6.45) is 1.03. The van der Waals surface area contributed by atoms with E-state index in [4.69, 9.17) is 0 Å². The van der Waals surface area contributed by atoms with E-state index in [0.29, 0.717) is 0 Å². The van der Waals surface area contributed by atoms with Crippen LogP contribution in [0.25, 0.3) is 11.1 Å². The van der Waals surface area contributed by atoms with Crippen LogP contribution >= 0.6 is 0 Å². The van der Waals surface area contributed by atoms with Crippen molar-refractivity contribution < 1.29 is 49.0 Å². The minimum atomic E-state index is -1.27. The van der Waals surface area contributed by atoms with Crippen molar-refractivity contribution in [1.29, 1.82) is 0 Å². The molecule has 0 fully saturated rings. The molecule has 0 spiro atoms. The monoisotopic (exact) mass is 896 g/mol. The third kappa shape index (κ3) is 11.8. The minimum absolute atomic E-state index is 0. The zero-order valence-electron chi connectivity index (χ0n) is 36.6. The summed E-state index contributed by atoms with van der Waals surface area (Å²) in [4.78, 5) is 0. The van der Waals surface area contributed by atoms with Crippen molar-refractivity contribution in [2.75, 3.05) is 0 Å². The van der Waals surface area contributed by atoms with Crippen LogP contribution < -0.4 is 35.2 Å². The van der Waals surface area contributed by atoms with Gasteiger partial charge in [0.05, 0.1) is 0 Å². The van der Waals surface area contributed by atoms with E-state index in [2.05, 4.69) is 168 Å². The Balaban J connectivity index is 0.000000340. The molecule has 0 heterocycles. The Morgan fingerprint density at radius 3 is 1.38 bits per heavy atom. The van der Waals surface area contributed by atoms with Gasteiger partial charge in [-0.3, -0.25) is 0 Å². The van der Waals surface area contributed by atoms with Gasteiger partial charge in [-0.1, -0.05) is 65.3 Å². The molecule has 0 nitrogen and oxygen atoms in total. The van der Waals surface area contributed by atoms with Crippen LogP contribution in [0.15, 0.2) is 109 Å². The van der Waals surface area contributed by atoms with Crippen molar-refractivity contribution in [2.45, 2.75) is 137 Å². The van der Waals surface area contributed by atoms with Crippen LogP contribution in [-0.4, -0.2) is 19.4 Å². The van der Waals surface area contributed by atoms with Gasteiger partial charge in [-0.15, -0.1) is 11.1 Å². The van der Waals surface area contributed by atoms with E-state index < -0.39 is 16.1 Å². The number of hydrogen-bond donors (Lipinski definition) is 0. The van der Waals surface area contributed by atoms with Gasteiger partial charge in [-0.2, -0.15) is 42.0 Å². The molecule has 0 amide bonds. The predicted octanol–water partition coefficient (Wildman–Crippen LogP) is 7.30. The van der Waals surface area contributed by atoms with Crippen LogP contribution in [0.2, 0.25) is 36.3 Å². The summed E-state index contributed by atoms with van der Waals surface area (Å²) in [6.45, 7) is 28.0. The van der Waals surface area contributed by atoms with Crippen LogP contribution in [0.3, 0.4) is 0 Å². The Hall–Kier alpha value is -2.00. The molecule has 1 aliphatic carbocycles. The molecule has 0 atom stereocenters. The molecule has 5 aromatic rings. The Morgan fingerprint density at radius 2 is 1.02 bits per heavy atom. The first-order chi connectivity index (χ1) is 25.6. The average molecular weight is 899 g/mol. The van der Waals surface area contributed by atoms with E-state index in [9.17, 15) is 0 Å². The van der Waals surface area contributed by atoms with Gasteiger partial charge >= 0.3 is 191 Å². The van der Waals surface area contributed by atoms with E-state index >= 15 is 0 Å². The number of rotatable bonds is 10. The largest absolute Gasteiger partial charge is 1.00 e. The molecule has 0 aromatic heterocycles. The molecule has 0 bridgehead atoms. The minimum Gasteiger partial charge on any atom is -1.00 e. The zero-order chi connectivity index (χ0) is 39.7. The van der Waals surface area contributed by atoms with Gasteiger partial charge in [-0.25, -0.2) is 12.1 Å². The third-order valence-corrected chi connectivity index (χ3v) is 25.3. The van der Waals surface area contributed by atoms with Crippen molar-refractivity contribution in [3.63, 3.8) is 0 Å². The summed E-state index contributed by atoms with van der Waals surface area (Å²) in [6, 6.07) is 52.6. The fraction of sp³-hybridized carbons (Fsp3) is 0.412. The Bertz CT molecular complexity index is 1760. The molecule has 0 aliphatic heterocycles. The Morgan fingerprint density at radius 1 is 0.589 bits per heavy atom. The zero-order valence-corrected chi connectivity index (χ0v) is 42.6. The second-order valence-corrected chi connectivity index (χ2v) is 29.2. The van der Waals surface area contributed by atoms with Gasteiger partial charge in [0.15, 0.2) is 0 Å². The number of fused-ring (bicyclic) bond motifs is 3. The molecule has 0 radical (unpaired) electrons. The number of hydrogen-bond acceptors (Lipinski definition) is 0. The fourth-order valence-electron chi connectivity index (χ4n) is 8.22. The van der Waals surface area contributed by atoms with Gasteiger partial charge in [0.2, 0.25) is 0 Å². The van der Waals surface area contributed by atoms with E-state index in [1.807, 2.05) is 30.3 Å². The maximum atomic E-state index is 3.67. The molecule has 0 unspecified atom stereocenters. The standard InChI is InChI=1S/C25H38Si2.C21H25.C5H5.2ClH.Zr/c1-7-26(8-2,9-3)24-17-13-22(14-18-24)21-23-15-19-25(20-16-23)27(10-4,11-5)12-6;1-20(2,3)16-7-9-18-14(12-16)11-15-13-17(21(4,5)6)8-10-19(15)18;1-2-4-5-3-1;;;/h13-20H,7-12H2,1-6H3;7-10,12H,11H2,1-6H3;1-5H;2*1H;/q;2*-1;;;+2/p-2. The van der Waals surface area contributed by atoms with Crippen molar-refractivity contribution in [3.05, 3.63) is 149 Å². The Labute approximate surface area is 372 Å². The van der Waals surface area contributed by atoms with Gasteiger partial charge in [0.25, 0.3) is 0 Å². The van der Waals surface area contributed by atoms with Gasteiger partial charge < -0.3 is 24.8 Å². The van der Waals surface area contributed by atoms with Crippen LogP contribution in [0.4, 0.5) is 0 Å². The number of halogens is 2. The van der Waals surface area contributed by atoms with E-state index in [0.717, 1.165) is 6.42 Å². The second kappa shape index (κ2) is 21.8. The van der Waals surface area contributed by atoms with E-state index in [1.165, 1.54) is 108 Å². The maximum absolute atomic E-state index is 3.67. The van der Waals surface area contributed by atoms with Crippen LogP contribution in [0, 0.1) is 6.07 Å². The first-order valence-corrected chi connectivity index (χ1v) is 27.3. The van der Waals surface area contributed by atoms with Crippen molar-refractivity contribution >= 4 is 29.7 Å². The average Bonchev–Trinajstić information content (AvgIpc) is 3.88. The summed E-state index contributed by atoms with van der Waals surface area (Å²) >= 11 is 1.50. The molecule has 6 rings (SSSR count). The predicted molar refractivity (Wildman–Crippen MR) is 243 cm³/mol. The summed E-state index contributed by atoms with van der Waals surface area (Å²) in [5.41, 5.74) is 11.5. The molecular formula is C51H68Cl2Si2Zr-2. The molecule has 0 N–H and O–H groups in total.